The summed E-state index contributed by atoms with van der Waals surface area (Å²) in [6.07, 6.45) is 1.42. The van der Waals surface area contributed by atoms with Crippen LogP contribution in [0.25, 0.3) is 0 Å². The molecule has 1 saturated heterocycles. The van der Waals surface area contributed by atoms with Gasteiger partial charge in [0.1, 0.15) is 6.04 Å². The lowest BCUT2D eigenvalue weighted by atomic mass is 9.96. The minimum atomic E-state index is -1.13. The number of esters is 1. The molecule has 0 unspecified atom stereocenters. The summed E-state index contributed by atoms with van der Waals surface area (Å²) in [7, 11) is 1.24. The number of carboxylic acids is 1. The molecular formula is C12H20N2O5. The maximum Gasteiger partial charge on any atom is 0.326 e. The molecule has 1 heterocycles. The van der Waals surface area contributed by atoms with Crippen molar-refractivity contribution in [1.82, 2.24) is 10.6 Å². The van der Waals surface area contributed by atoms with Crippen LogP contribution in [-0.2, 0) is 19.1 Å². The van der Waals surface area contributed by atoms with Gasteiger partial charge in [0, 0.05) is 12.3 Å². The van der Waals surface area contributed by atoms with E-state index in [-0.39, 0.29) is 24.7 Å². The third-order valence-electron chi connectivity index (χ3n) is 3.19. The van der Waals surface area contributed by atoms with Crippen LogP contribution in [0.2, 0.25) is 0 Å². The van der Waals surface area contributed by atoms with Crippen molar-refractivity contribution < 1.29 is 24.2 Å². The molecule has 1 amide bonds. The van der Waals surface area contributed by atoms with Gasteiger partial charge in [-0.3, -0.25) is 9.59 Å². The molecule has 0 spiro atoms. The third kappa shape index (κ3) is 5.25. The number of piperidine rings is 1. The zero-order valence-electron chi connectivity index (χ0n) is 11.0. The lowest BCUT2D eigenvalue weighted by Crippen LogP contribution is -2.46. The summed E-state index contributed by atoms with van der Waals surface area (Å²) in [5.74, 6) is -2.02. The quantitative estimate of drug-likeness (QED) is 0.563. The number of aliphatic carboxylic acids is 1. The predicted octanol–water partition coefficient (Wildman–Crippen LogP) is -0.491. The summed E-state index contributed by atoms with van der Waals surface area (Å²) in [6.45, 7) is 1.52. The summed E-state index contributed by atoms with van der Waals surface area (Å²) in [6, 6.07) is -1.04. The van der Waals surface area contributed by atoms with Crippen molar-refractivity contribution in [3.05, 3.63) is 0 Å². The fraction of sp³-hybridized carbons (Fsp3) is 0.750. The first-order chi connectivity index (χ1) is 9.04. The fourth-order valence-corrected chi connectivity index (χ4v) is 2.00. The average molecular weight is 272 g/mol. The zero-order chi connectivity index (χ0) is 14.3. The number of carboxylic acid groups (broad SMARTS) is 1. The van der Waals surface area contributed by atoms with Crippen LogP contribution in [0.3, 0.4) is 0 Å². The minimum Gasteiger partial charge on any atom is -0.480 e. The number of hydrogen-bond donors (Lipinski definition) is 3. The Morgan fingerprint density at radius 2 is 2.00 bits per heavy atom. The molecule has 108 valence electrons. The summed E-state index contributed by atoms with van der Waals surface area (Å²) in [5, 5.41) is 14.7. The van der Waals surface area contributed by atoms with Crippen LogP contribution in [0.1, 0.15) is 25.7 Å². The molecule has 1 aliphatic rings. The third-order valence-corrected chi connectivity index (χ3v) is 3.19. The largest absolute Gasteiger partial charge is 0.480 e. The van der Waals surface area contributed by atoms with E-state index in [1.165, 1.54) is 7.11 Å². The Hall–Kier alpha value is -1.63. The van der Waals surface area contributed by atoms with Crippen LogP contribution in [0.4, 0.5) is 0 Å². The van der Waals surface area contributed by atoms with Gasteiger partial charge >= 0.3 is 11.9 Å². The van der Waals surface area contributed by atoms with E-state index < -0.39 is 18.0 Å². The second kappa shape index (κ2) is 7.73. The van der Waals surface area contributed by atoms with Gasteiger partial charge in [-0.1, -0.05) is 0 Å². The Balaban J connectivity index is 2.45. The fourth-order valence-electron chi connectivity index (χ4n) is 2.00. The van der Waals surface area contributed by atoms with Crippen LogP contribution >= 0.6 is 0 Å². The van der Waals surface area contributed by atoms with Gasteiger partial charge in [-0.25, -0.2) is 4.79 Å². The highest BCUT2D eigenvalue weighted by Crippen LogP contribution is 2.12. The Bertz CT molecular complexity index is 339. The SMILES string of the molecule is COC(=O)CC[C@H](NC(=O)C1CCNCC1)C(=O)O. The van der Waals surface area contributed by atoms with Gasteiger partial charge in [-0.2, -0.15) is 0 Å². The maximum atomic E-state index is 11.9. The number of nitrogens with one attached hydrogen (secondary N) is 2. The molecule has 0 aromatic rings. The number of rotatable bonds is 6. The first-order valence-corrected chi connectivity index (χ1v) is 6.35. The molecule has 0 aliphatic carbocycles. The van der Waals surface area contributed by atoms with Gasteiger partial charge in [0.25, 0.3) is 0 Å². The number of carbonyl (C=O) groups is 3. The second-order valence-electron chi connectivity index (χ2n) is 4.54. The predicted molar refractivity (Wildman–Crippen MR) is 66.4 cm³/mol. The zero-order valence-corrected chi connectivity index (χ0v) is 11.0. The van der Waals surface area contributed by atoms with E-state index in [2.05, 4.69) is 15.4 Å². The number of hydrogen-bond acceptors (Lipinski definition) is 5. The molecule has 0 aromatic heterocycles. The van der Waals surface area contributed by atoms with Gasteiger partial charge in [0.2, 0.25) is 5.91 Å². The highest BCUT2D eigenvalue weighted by Gasteiger charge is 2.26. The van der Waals surface area contributed by atoms with Crippen molar-refractivity contribution in [2.75, 3.05) is 20.2 Å². The molecule has 0 saturated carbocycles. The molecule has 19 heavy (non-hydrogen) atoms. The van der Waals surface area contributed by atoms with Crippen LogP contribution < -0.4 is 10.6 Å². The molecular weight excluding hydrogens is 252 g/mol. The van der Waals surface area contributed by atoms with E-state index in [0.717, 1.165) is 13.1 Å². The highest BCUT2D eigenvalue weighted by atomic mass is 16.5. The van der Waals surface area contributed by atoms with Crippen molar-refractivity contribution in [3.63, 3.8) is 0 Å². The average Bonchev–Trinajstić information content (AvgIpc) is 2.43. The summed E-state index contributed by atoms with van der Waals surface area (Å²) >= 11 is 0. The second-order valence-corrected chi connectivity index (χ2v) is 4.54. The van der Waals surface area contributed by atoms with Crippen LogP contribution in [0.15, 0.2) is 0 Å². The summed E-state index contributed by atoms with van der Waals surface area (Å²) in [4.78, 5) is 33.9. The van der Waals surface area contributed by atoms with Crippen molar-refractivity contribution >= 4 is 17.8 Å². The summed E-state index contributed by atoms with van der Waals surface area (Å²) < 4.78 is 4.45. The van der Waals surface area contributed by atoms with E-state index in [4.69, 9.17) is 5.11 Å². The van der Waals surface area contributed by atoms with E-state index in [0.29, 0.717) is 12.8 Å². The van der Waals surface area contributed by atoms with Gasteiger partial charge in [-0.15, -0.1) is 0 Å². The lowest BCUT2D eigenvalue weighted by Gasteiger charge is -2.23. The Morgan fingerprint density at radius 1 is 1.37 bits per heavy atom. The smallest absolute Gasteiger partial charge is 0.326 e. The van der Waals surface area contributed by atoms with Crippen LogP contribution in [-0.4, -0.2) is 49.2 Å². The Kier molecular flexibility index (Phi) is 6.27. The van der Waals surface area contributed by atoms with Gasteiger partial charge in [0.15, 0.2) is 0 Å². The van der Waals surface area contributed by atoms with Crippen molar-refractivity contribution in [3.8, 4) is 0 Å². The van der Waals surface area contributed by atoms with Crippen LogP contribution in [0.5, 0.6) is 0 Å². The van der Waals surface area contributed by atoms with Gasteiger partial charge < -0.3 is 20.5 Å². The molecule has 1 aliphatic heterocycles. The Labute approximate surface area is 111 Å². The van der Waals surface area contributed by atoms with E-state index in [1.54, 1.807) is 0 Å². The summed E-state index contributed by atoms with van der Waals surface area (Å²) in [5.41, 5.74) is 0. The van der Waals surface area contributed by atoms with Crippen molar-refractivity contribution in [2.24, 2.45) is 5.92 Å². The van der Waals surface area contributed by atoms with E-state index in [1.807, 2.05) is 0 Å². The number of amides is 1. The normalized spacial score (nSPS) is 17.5. The first kappa shape index (κ1) is 15.4. The Morgan fingerprint density at radius 3 is 2.53 bits per heavy atom. The molecule has 0 radical (unpaired) electrons. The molecule has 7 heteroatoms. The number of methoxy groups -OCH3 is 1. The maximum absolute atomic E-state index is 11.9. The number of carbonyl (C=O) groups excluding carboxylic acids is 2. The first-order valence-electron chi connectivity index (χ1n) is 6.35. The van der Waals surface area contributed by atoms with Crippen LogP contribution in [0, 0.1) is 5.92 Å². The molecule has 0 aromatic carbocycles. The lowest BCUT2D eigenvalue weighted by molar-refractivity contribution is -0.144. The highest BCUT2D eigenvalue weighted by molar-refractivity contribution is 5.85. The molecule has 3 N–H and O–H groups in total. The van der Waals surface area contributed by atoms with Crippen molar-refractivity contribution in [1.29, 1.82) is 0 Å². The monoisotopic (exact) mass is 272 g/mol. The van der Waals surface area contributed by atoms with Gasteiger partial charge in [-0.05, 0) is 32.4 Å². The van der Waals surface area contributed by atoms with Crippen molar-refractivity contribution in [2.45, 2.75) is 31.7 Å². The minimum absolute atomic E-state index is 0.0278. The topological polar surface area (TPSA) is 105 Å². The van der Waals surface area contributed by atoms with Gasteiger partial charge in [0.05, 0.1) is 7.11 Å². The molecule has 1 fully saturated rings. The molecule has 1 rings (SSSR count). The van der Waals surface area contributed by atoms with E-state index in [9.17, 15) is 14.4 Å². The molecule has 0 bridgehead atoms. The van der Waals surface area contributed by atoms with E-state index >= 15 is 0 Å². The molecule has 7 nitrogen and oxygen atoms in total. The standard InChI is InChI=1S/C12H20N2O5/c1-19-10(15)3-2-9(12(17)18)14-11(16)8-4-6-13-7-5-8/h8-9,13H,2-7H2,1H3,(H,14,16)(H,17,18)/t9-/m0/s1. The number of ether oxygens (including phenoxy) is 1. The molecule has 1 atom stereocenters.